The zero-order chi connectivity index (χ0) is 16.1. The van der Waals surface area contributed by atoms with E-state index in [1.165, 1.54) is 6.07 Å². The van der Waals surface area contributed by atoms with Gasteiger partial charge in [0.1, 0.15) is 0 Å². The van der Waals surface area contributed by atoms with Crippen LogP contribution in [0.1, 0.15) is 30.1 Å². The van der Waals surface area contributed by atoms with Crippen LogP contribution in [-0.2, 0) is 4.79 Å². The highest BCUT2D eigenvalue weighted by Crippen LogP contribution is 2.13. The van der Waals surface area contributed by atoms with Gasteiger partial charge in [-0.05, 0) is 43.9 Å². The second kappa shape index (κ2) is 7.03. The summed E-state index contributed by atoms with van der Waals surface area (Å²) in [6.45, 7) is 2.62. The monoisotopic (exact) mass is 306 g/mol. The fraction of sp³-hybridized carbons (Fsp3) is 0.375. The molecule has 0 aromatic heterocycles. The molecule has 1 aromatic rings. The number of rotatable bonds is 2. The fourth-order valence-corrected chi connectivity index (χ4v) is 2.32. The lowest BCUT2D eigenvalue weighted by Crippen LogP contribution is -2.46. The standard InChI is InChI=1S/C16H16F2N2O2/c1-2-3-15(21)20-8-6-12(7-9-20)19-16(22)11-4-5-13(17)14(18)10-11/h4-5,10,12H,6-9H2,1H3,(H,19,22). The molecular formula is C16H16F2N2O2. The minimum Gasteiger partial charge on any atom is -0.349 e. The second-order valence-corrected chi connectivity index (χ2v) is 5.04. The Hall–Kier alpha value is -2.42. The van der Waals surface area contributed by atoms with Crippen molar-refractivity contribution in [1.29, 1.82) is 0 Å². The number of halogens is 2. The number of hydrogen-bond acceptors (Lipinski definition) is 2. The van der Waals surface area contributed by atoms with E-state index in [0.717, 1.165) is 12.1 Å². The van der Waals surface area contributed by atoms with Crippen molar-refractivity contribution in [2.24, 2.45) is 0 Å². The van der Waals surface area contributed by atoms with Crippen molar-refractivity contribution >= 4 is 11.8 Å². The largest absolute Gasteiger partial charge is 0.349 e. The maximum atomic E-state index is 13.1. The van der Waals surface area contributed by atoms with Crippen LogP contribution < -0.4 is 5.32 Å². The highest BCUT2D eigenvalue weighted by Gasteiger charge is 2.23. The van der Waals surface area contributed by atoms with Gasteiger partial charge >= 0.3 is 0 Å². The van der Waals surface area contributed by atoms with Crippen molar-refractivity contribution in [3.05, 3.63) is 35.4 Å². The Morgan fingerprint density at radius 3 is 2.50 bits per heavy atom. The van der Waals surface area contributed by atoms with Crippen LogP contribution in [-0.4, -0.2) is 35.8 Å². The van der Waals surface area contributed by atoms with E-state index < -0.39 is 17.5 Å². The van der Waals surface area contributed by atoms with Crippen LogP contribution in [0.3, 0.4) is 0 Å². The molecule has 2 amide bonds. The predicted molar refractivity (Wildman–Crippen MR) is 76.9 cm³/mol. The van der Waals surface area contributed by atoms with Crippen molar-refractivity contribution in [3.63, 3.8) is 0 Å². The summed E-state index contributed by atoms with van der Waals surface area (Å²) >= 11 is 0. The number of nitrogens with one attached hydrogen (secondary N) is 1. The average molecular weight is 306 g/mol. The van der Waals surface area contributed by atoms with E-state index in [1.54, 1.807) is 11.8 Å². The van der Waals surface area contributed by atoms with Gasteiger partial charge in [-0.1, -0.05) is 5.92 Å². The molecule has 0 aliphatic carbocycles. The van der Waals surface area contributed by atoms with Gasteiger partial charge in [0.25, 0.3) is 11.8 Å². The molecule has 116 valence electrons. The van der Waals surface area contributed by atoms with Gasteiger partial charge in [0.2, 0.25) is 0 Å². The molecule has 6 heteroatoms. The van der Waals surface area contributed by atoms with Crippen molar-refractivity contribution < 1.29 is 18.4 Å². The van der Waals surface area contributed by atoms with Crippen LogP contribution in [0.5, 0.6) is 0 Å². The van der Waals surface area contributed by atoms with Crippen molar-refractivity contribution in [2.45, 2.75) is 25.8 Å². The molecule has 2 rings (SSSR count). The Morgan fingerprint density at radius 1 is 1.23 bits per heavy atom. The Labute approximate surface area is 127 Å². The average Bonchev–Trinajstić information content (AvgIpc) is 2.51. The maximum Gasteiger partial charge on any atom is 0.298 e. The summed E-state index contributed by atoms with van der Waals surface area (Å²) in [6.07, 6.45) is 1.21. The van der Waals surface area contributed by atoms with Crippen molar-refractivity contribution in [2.75, 3.05) is 13.1 Å². The SMILES string of the molecule is CC#CC(=O)N1CCC(NC(=O)c2ccc(F)c(F)c2)CC1. The normalized spacial score (nSPS) is 15.0. The lowest BCUT2D eigenvalue weighted by Gasteiger charge is -2.31. The summed E-state index contributed by atoms with van der Waals surface area (Å²) in [6, 6.07) is 2.94. The summed E-state index contributed by atoms with van der Waals surface area (Å²) < 4.78 is 26.0. The van der Waals surface area contributed by atoms with E-state index in [2.05, 4.69) is 17.2 Å². The number of piperidine rings is 1. The highest BCUT2D eigenvalue weighted by molar-refractivity contribution is 5.94. The Balaban J connectivity index is 1.90. The van der Waals surface area contributed by atoms with E-state index in [1.807, 2.05) is 0 Å². The van der Waals surface area contributed by atoms with Gasteiger partial charge in [-0.3, -0.25) is 9.59 Å². The van der Waals surface area contributed by atoms with E-state index in [-0.39, 0.29) is 17.5 Å². The third kappa shape index (κ3) is 3.82. The molecule has 0 spiro atoms. The molecule has 1 aliphatic rings. The molecule has 1 heterocycles. The van der Waals surface area contributed by atoms with Crippen LogP contribution in [0.25, 0.3) is 0 Å². The summed E-state index contributed by atoms with van der Waals surface area (Å²) in [5.74, 6) is 2.35. The number of amides is 2. The van der Waals surface area contributed by atoms with Gasteiger partial charge in [-0.2, -0.15) is 0 Å². The van der Waals surface area contributed by atoms with Gasteiger partial charge in [-0.25, -0.2) is 8.78 Å². The molecule has 4 nitrogen and oxygen atoms in total. The Morgan fingerprint density at radius 2 is 1.91 bits per heavy atom. The molecule has 1 aliphatic heterocycles. The van der Waals surface area contributed by atoms with E-state index >= 15 is 0 Å². The molecule has 1 N–H and O–H groups in total. The van der Waals surface area contributed by atoms with Gasteiger partial charge in [0, 0.05) is 24.7 Å². The van der Waals surface area contributed by atoms with E-state index in [9.17, 15) is 18.4 Å². The number of likely N-dealkylation sites (tertiary alicyclic amines) is 1. The molecule has 1 fully saturated rings. The lowest BCUT2D eigenvalue weighted by atomic mass is 10.0. The van der Waals surface area contributed by atoms with Gasteiger partial charge in [-0.15, -0.1) is 0 Å². The first-order valence-corrected chi connectivity index (χ1v) is 6.99. The third-order valence-electron chi connectivity index (χ3n) is 3.53. The number of carbonyl (C=O) groups excluding carboxylic acids is 2. The molecular weight excluding hydrogens is 290 g/mol. The fourth-order valence-electron chi connectivity index (χ4n) is 2.32. The van der Waals surface area contributed by atoms with Crippen molar-refractivity contribution in [1.82, 2.24) is 10.2 Å². The summed E-state index contributed by atoms with van der Waals surface area (Å²) in [5, 5.41) is 2.77. The molecule has 22 heavy (non-hydrogen) atoms. The minimum atomic E-state index is -1.05. The van der Waals surface area contributed by atoms with Gasteiger partial charge < -0.3 is 10.2 Å². The number of carbonyl (C=O) groups is 2. The van der Waals surface area contributed by atoms with Crippen LogP contribution in [0.4, 0.5) is 8.78 Å². The molecule has 0 saturated carbocycles. The Kier molecular flexibility index (Phi) is 5.10. The van der Waals surface area contributed by atoms with Crippen LogP contribution in [0, 0.1) is 23.5 Å². The smallest absolute Gasteiger partial charge is 0.298 e. The minimum absolute atomic E-state index is 0.0780. The predicted octanol–water partition coefficient (Wildman–Crippen LogP) is 1.71. The molecule has 0 radical (unpaired) electrons. The molecule has 1 aromatic carbocycles. The van der Waals surface area contributed by atoms with Crippen molar-refractivity contribution in [3.8, 4) is 11.8 Å². The first-order valence-electron chi connectivity index (χ1n) is 6.99. The first kappa shape index (κ1) is 16.0. The second-order valence-electron chi connectivity index (χ2n) is 5.04. The quantitative estimate of drug-likeness (QED) is 0.846. The Bertz CT molecular complexity index is 641. The van der Waals surface area contributed by atoms with Crippen LogP contribution in [0.2, 0.25) is 0 Å². The van der Waals surface area contributed by atoms with Crippen LogP contribution >= 0.6 is 0 Å². The summed E-state index contributed by atoms with van der Waals surface area (Å²) in [4.78, 5) is 25.2. The maximum absolute atomic E-state index is 13.1. The topological polar surface area (TPSA) is 49.4 Å². The van der Waals surface area contributed by atoms with E-state index in [4.69, 9.17) is 0 Å². The van der Waals surface area contributed by atoms with Gasteiger partial charge in [0.15, 0.2) is 11.6 Å². The third-order valence-corrected chi connectivity index (χ3v) is 3.53. The van der Waals surface area contributed by atoms with E-state index in [0.29, 0.717) is 25.9 Å². The first-order chi connectivity index (χ1) is 10.5. The number of benzene rings is 1. The highest BCUT2D eigenvalue weighted by atomic mass is 19.2. The lowest BCUT2D eigenvalue weighted by molar-refractivity contribution is -0.126. The zero-order valence-corrected chi connectivity index (χ0v) is 12.2. The summed E-state index contributed by atoms with van der Waals surface area (Å²) in [5.41, 5.74) is 0.0780. The molecule has 0 unspecified atom stereocenters. The number of hydrogen-bond donors (Lipinski definition) is 1. The van der Waals surface area contributed by atoms with Crippen LogP contribution in [0.15, 0.2) is 18.2 Å². The number of nitrogens with zero attached hydrogens (tertiary/aromatic N) is 1. The van der Waals surface area contributed by atoms with Gasteiger partial charge in [0.05, 0.1) is 0 Å². The molecule has 1 saturated heterocycles. The zero-order valence-electron chi connectivity index (χ0n) is 12.2. The molecule has 0 atom stereocenters. The molecule has 0 bridgehead atoms. The summed E-state index contributed by atoms with van der Waals surface area (Å²) in [7, 11) is 0.